The predicted octanol–water partition coefficient (Wildman–Crippen LogP) is 3.73. The smallest absolute Gasteiger partial charge is 0.222 e. The number of aromatic nitrogens is 2. The first kappa shape index (κ1) is 15.0. The van der Waals surface area contributed by atoms with Gasteiger partial charge in [0.05, 0.1) is 29.5 Å². The first-order valence-electron chi connectivity index (χ1n) is 5.37. The summed E-state index contributed by atoms with van der Waals surface area (Å²) in [6.45, 7) is 0.0212. The summed E-state index contributed by atoms with van der Waals surface area (Å²) < 4.78 is 10.5. The number of phenolic OH excluding ortho intramolecular Hbond substituents is 1. The Balaban J connectivity index is 2.24. The summed E-state index contributed by atoms with van der Waals surface area (Å²) in [7, 11) is 1.44. The van der Waals surface area contributed by atoms with Crippen LogP contribution >= 0.6 is 34.8 Å². The Labute approximate surface area is 130 Å². The number of halogens is 3. The molecule has 0 bridgehead atoms. The summed E-state index contributed by atoms with van der Waals surface area (Å²) in [5.41, 5.74) is 0.403. The molecular weight excluding hydrogens is 327 g/mol. The minimum absolute atomic E-state index is 0.0212. The first-order chi connectivity index (χ1) is 9.52. The molecule has 0 aliphatic carbocycles. The van der Waals surface area contributed by atoms with Crippen molar-refractivity contribution in [1.82, 2.24) is 9.97 Å². The van der Waals surface area contributed by atoms with E-state index in [1.165, 1.54) is 25.6 Å². The quantitative estimate of drug-likeness (QED) is 0.863. The van der Waals surface area contributed by atoms with Gasteiger partial charge in [-0.3, -0.25) is 0 Å². The highest BCUT2D eigenvalue weighted by molar-refractivity contribution is 6.37. The zero-order valence-corrected chi connectivity index (χ0v) is 12.5. The van der Waals surface area contributed by atoms with Crippen LogP contribution in [0.25, 0.3) is 0 Å². The summed E-state index contributed by atoms with van der Waals surface area (Å²) in [5, 5.41) is 10.2. The van der Waals surface area contributed by atoms with Crippen LogP contribution in [0.2, 0.25) is 15.3 Å². The van der Waals surface area contributed by atoms with Gasteiger partial charge in [0.15, 0.2) is 5.75 Å². The number of benzene rings is 1. The molecule has 1 N–H and O–H groups in total. The molecule has 0 aliphatic heterocycles. The van der Waals surface area contributed by atoms with Gasteiger partial charge < -0.3 is 14.6 Å². The lowest BCUT2D eigenvalue weighted by atomic mass is 10.2. The second-order valence-corrected chi connectivity index (χ2v) is 4.77. The van der Waals surface area contributed by atoms with Crippen LogP contribution in [0.1, 0.15) is 5.56 Å². The highest BCUT2D eigenvalue weighted by Gasteiger charge is 2.16. The Morgan fingerprint density at radius 3 is 2.40 bits per heavy atom. The van der Waals surface area contributed by atoms with E-state index in [2.05, 4.69) is 9.97 Å². The van der Waals surface area contributed by atoms with Gasteiger partial charge in [0, 0.05) is 11.6 Å². The highest BCUT2D eigenvalue weighted by Crippen LogP contribution is 2.40. The number of methoxy groups -OCH3 is 1. The normalized spacial score (nSPS) is 10.4. The van der Waals surface area contributed by atoms with Gasteiger partial charge in [0.1, 0.15) is 18.1 Å². The van der Waals surface area contributed by atoms with Crippen molar-refractivity contribution in [3.63, 3.8) is 0 Å². The van der Waals surface area contributed by atoms with E-state index >= 15 is 0 Å². The summed E-state index contributed by atoms with van der Waals surface area (Å²) in [6.07, 6.45) is 2.83. The second-order valence-electron chi connectivity index (χ2n) is 3.68. The van der Waals surface area contributed by atoms with Crippen LogP contribution in [0.3, 0.4) is 0 Å². The molecule has 2 aromatic rings. The summed E-state index contributed by atoms with van der Waals surface area (Å²) in [6, 6.07) is 1.33. The number of hydrogen-bond donors (Lipinski definition) is 1. The largest absolute Gasteiger partial charge is 0.506 e. The molecule has 0 atom stereocenters. The predicted molar refractivity (Wildman–Crippen MR) is 76.1 cm³/mol. The Hall–Kier alpha value is -1.43. The van der Waals surface area contributed by atoms with Gasteiger partial charge in [-0.15, -0.1) is 0 Å². The van der Waals surface area contributed by atoms with E-state index in [1.807, 2.05) is 0 Å². The van der Waals surface area contributed by atoms with Crippen LogP contribution in [-0.4, -0.2) is 22.2 Å². The number of aromatic hydroxyl groups is 1. The number of ether oxygens (including phenoxy) is 2. The van der Waals surface area contributed by atoms with Crippen molar-refractivity contribution in [2.45, 2.75) is 6.61 Å². The average molecular weight is 336 g/mol. The number of rotatable bonds is 4. The van der Waals surface area contributed by atoms with Crippen LogP contribution in [-0.2, 0) is 6.61 Å². The molecule has 0 aliphatic rings. The molecule has 1 aromatic carbocycles. The fourth-order valence-electron chi connectivity index (χ4n) is 1.46. The van der Waals surface area contributed by atoms with Crippen molar-refractivity contribution in [1.29, 1.82) is 0 Å². The van der Waals surface area contributed by atoms with Crippen LogP contribution in [0.15, 0.2) is 18.5 Å². The lowest BCUT2D eigenvalue weighted by Crippen LogP contribution is -2.00. The summed E-state index contributed by atoms with van der Waals surface area (Å²) >= 11 is 17.7. The Bertz CT molecular complexity index is 620. The van der Waals surface area contributed by atoms with E-state index in [4.69, 9.17) is 44.3 Å². The topological polar surface area (TPSA) is 64.5 Å². The number of phenols is 1. The van der Waals surface area contributed by atoms with Crippen LogP contribution in [0.5, 0.6) is 17.2 Å². The molecule has 1 heterocycles. The lowest BCUT2D eigenvalue weighted by molar-refractivity contribution is 0.302. The molecule has 0 spiro atoms. The molecule has 5 nitrogen and oxygen atoms in total. The van der Waals surface area contributed by atoms with Gasteiger partial charge in [0.25, 0.3) is 0 Å². The van der Waals surface area contributed by atoms with E-state index in [9.17, 15) is 5.11 Å². The zero-order valence-electron chi connectivity index (χ0n) is 10.2. The standard InChI is InChI=1S/C12H9Cl3N2O3/c1-19-9-2-8(18)10(13)7(11(9)14)5-20-6-3-16-12(15)17-4-6/h2-4,18H,5H2,1H3. The van der Waals surface area contributed by atoms with E-state index in [1.54, 1.807) is 0 Å². The van der Waals surface area contributed by atoms with E-state index < -0.39 is 0 Å². The highest BCUT2D eigenvalue weighted by atomic mass is 35.5. The average Bonchev–Trinajstić information content (AvgIpc) is 2.44. The van der Waals surface area contributed by atoms with Gasteiger partial charge in [0.2, 0.25) is 5.28 Å². The minimum Gasteiger partial charge on any atom is -0.506 e. The third-order valence-electron chi connectivity index (χ3n) is 2.44. The lowest BCUT2D eigenvalue weighted by Gasteiger charge is -2.13. The Kier molecular flexibility index (Phi) is 4.75. The van der Waals surface area contributed by atoms with Crippen molar-refractivity contribution >= 4 is 34.8 Å². The van der Waals surface area contributed by atoms with Gasteiger partial charge >= 0.3 is 0 Å². The summed E-state index contributed by atoms with van der Waals surface area (Å²) in [4.78, 5) is 7.55. The van der Waals surface area contributed by atoms with Gasteiger partial charge in [-0.2, -0.15) is 0 Å². The van der Waals surface area contributed by atoms with Gasteiger partial charge in [-0.05, 0) is 11.6 Å². The molecule has 0 radical (unpaired) electrons. The molecular formula is C12H9Cl3N2O3. The van der Waals surface area contributed by atoms with Crippen LogP contribution in [0, 0.1) is 0 Å². The fraction of sp³-hybridized carbons (Fsp3) is 0.167. The maximum Gasteiger partial charge on any atom is 0.222 e. The van der Waals surface area contributed by atoms with Crippen molar-refractivity contribution < 1.29 is 14.6 Å². The summed E-state index contributed by atoms with van der Waals surface area (Å²) in [5.74, 6) is 0.558. The number of nitrogens with zero attached hydrogens (tertiary/aromatic N) is 2. The fourth-order valence-corrected chi connectivity index (χ4v) is 2.09. The maximum atomic E-state index is 9.70. The zero-order chi connectivity index (χ0) is 14.7. The van der Waals surface area contributed by atoms with Gasteiger partial charge in [-0.1, -0.05) is 23.2 Å². The van der Waals surface area contributed by atoms with E-state index in [-0.39, 0.29) is 27.7 Å². The molecule has 2 rings (SSSR count). The first-order valence-corrected chi connectivity index (χ1v) is 6.50. The Morgan fingerprint density at radius 2 is 1.80 bits per heavy atom. The second kappa shape index (κ2) is 6.35. The molecule has 0 saturated heterocycles. The molecule has 106 valence electrons. The third-order valence-corrected chi connectivity index (χ3v) is 3.47. The van der Waals surface area contributed by atoms with Crippen molar-refractivity contribution in [2.75, 3.05) is 7.11 Å². The van der Waals surface area contributed by atoms with Crippen LogP contribution < -0.4 is 9.47 Å². The third kappa shape index (κ3) is 3.17. The van der Waals surface area contributed by atoms with E-state index in [0.29, 0.717) is 17.1 Å². The number of hydrogen-bond acceptors (Lipinski definition) is 5. The van der Waals surface area contributed by atoms with Crippen molar-refractivity contribution in [3.05, 3.63) is 39.4 Å². The molecule has 1 aromatic heterocycles. The maximum absolute atomic E-state index is 9.70. The van der Waals surface area contributed by atoms with E-state index in [0.717, 1.165) is 0 Å². The molecule has 0 amide bonds. The molecule has 0 fully saturated rings. The molecule has 20 heavy (non-hydrogen) atoms. The van der Waals surface area contributed by atoms with Crippen molar-refractivity contribution in [2.24, 2.45) is 0 Å². The molecule has 0 saturated carbocycles. The monoisotopic (exact) mass is 334 g/mol. The van der Waals surface area contributed by atoms with Crippen LogP contribution in [0.4, 0.5) is 0 Å². The molecule has 8 heteroatoms. The Morgan fingerprint density at radius 1 is 1.15 bits per heavy atom. The van der Waals surface area contributed by atoms with Crippen molar-refractivity contribution in [3.8, 4) is 17.2 Å². The SMILES string of the molecule is COc1cc(O)c(Cl)c(COc2cnc(Cl)nc2)c1Cl. The molecule has 0 unspecified atom stereocenters. The minimum atomic E-state index is -0.140. The van der Waals surface area contributed by atoms with Gasteiger partial charge in [-0.25, -0.2) is 9.97 Å².